The number of aliphatic imine (C=N–C) groups is 1. The first kappa shape index (κ1) is 11.7. The molecule has 0 aromatic rings. The highest BCUT2D eigenvalue weighted by atomic mass is 16.5. The van der Waals surface area contributed by atoms with E-state index in [1.807, 2.05) is 7.05 Å². The number of nitrogens with one attached hydrogen (secondary N) is 1. The number of ether oxygens (including phenoxy) is 1. The van der Waals surface area contributed by atoms with Crippen LogP contribution in [0.5, 0.6) is 0 Å². The molecule has 4 heteroatoms. The van der Waals surface area contributed by atoms with E-state index in [4.69, 9.17) is 4.74 Å². The lowest BCUT2D eigenvalue weighted by Gasteiger charge is -2.33. The Morgan fingerprint density at radius 3 is 2.50 bits per heavy atom. The number of nitrogens with zero attached hydrogens (tertiary/aromatic N) is 2. The van der Waals surface area contributed by atoms with Gasteiger partial charge in [0.1, 0.15) is 0 Å². The first-order valence-electron chi connectivity index (χ1n) is 6.46. The van der Waals surface area contributed by atoms with Gasteiger partial charge in [0.2, 0.25) is 0 Å². The van der Waals surface area contributed by atoms with E-state index < -0.39 is 0 Å². The van der Waals surface area contributed by atoms with E-state index in [0.29, 0.717) is 6.04 Å². The van der Waals surface area contributed by atoms with Crippen LogP contribution in [-0.2, 0) is 4.74 Å². The molecule has 0 unspecified atom stereocenters. The minimum Gasteiger partial charge on any atom is -0.378 e. The summed E-state index contributed by atoms with van der Waals surface area (Å²) in [6.45, 7) is 3.58. The number of guanidine groups is 1. The lowest BCUT2D eigenvalue weighted by Crippen LogP contribution is -2.50. The summed E-state index contributed by atoms with van der Waals surface area (Å²) in [5.41, 5.74) is 0. The molecule has 92 valence electrons. The highest BCUT2D eigenvalue weighted by molar-refractivity contribution is 5.80. The minimum absolute atomic E-state index is 0.635. The molecule has 0 bridgehead atoms. The summed E-state index contributed by atoms with van der Waals surface area (Å²) in [7, 11) is 1.88. The molecule has 0 radical (unpaired) electrons. The van der Waals surface area contributed by atoms with Crippen LogP contribution >= 0.6 is 0 Å². The Morgan fingerprint density at radius 1 is 1.19 bits per heavy atom. The molecule has 1 N–H and O–H groups in total. The summed E-state index contributed by atoms with van der Waals surface area (Å²) < 4.78 is 5.36. The van der Waals surface area contributed by atoms with Gasteiger partial charge in [-0.3, -0.25) is 4.99 Å². The molecule has 16 heavy (non-hydrogen) atoms. The van der Waals surface area contributed by atoms with Crippen LogP contribution in [0.4, 0.5) is 0 Å². The molecule has 0 atom stereocenters. The third-order valence-corrected chi connectivity index (χ3v) is 3.46. The van der Waals surface area contributed by atoms with Crippen molar-refractivity contribution in [2.24, 2.45) is 4.99 Å². The Morgan fingerprint density at radius 2 is 1.88 bits per heavy atom. The summed E-state index contributed by atoms with van der Waals surface area (Å²) in [6.07, 6.45) is 6.70. The quantitative estimate of drug-likeness (QED) is 0.538. The molecule has 0 amide bonds. The fourth-order valence-corrected chi connectivity index (χ4v) is 2.50. The molecule has 2 rings (SSSR count). The van der Waals surface area contributed by atoms with E-state index in [9.17, 15) is 0 Å². The maximum absolute atomic E-state index is 5.36. The van der Waals surface area contributed by atoms with Crippen LogP contribution in [0.25, 0.3) is 0 Å². The summed E-state index contributed by atoms with van der Waals surface area (Å²) in [5, 5.41) is 3.60. The molecule has 1 saturated carbocycles. The number of rotatable bonds is 1. The van der Waals surface area contributed by atoms with Crippen molar-refractivity contribution in [2.75, 3.05) is 33.4 Å². The van der Waals surface area contributed by atoms with Gasteiger partial charge in [-0.2, -0.15) is 0 Å². The van der Waals surface area contributed by atoms with Gasteiger partial charge < -0.3 is 15.0 Å². The molecule has 0 spiro atoms. The van der Waals surface area contributed by atoms with Gasteiger partial charge in [0, 0.05) is 26.2 Å². The highest BCUT2D eigenvalue weighted by Gasteiger charge is 2.19. The summed E-state index contributed by atoms with van der Waals surface area (Å²) in [5.74, 6) is 1.06. The van der Waals surface area contributed by atoms with Gasteiger partial charge in [-0.25, -0.2) is 0 Å². The third-order valence-electron chi connectivity index (χ3n) is 3.46. The van der Waals surface area contributed by atoms with Gasteiger partial charge in [-0.15, -0.1) is 0 Å². The average molecular weight is 225 g/mol. The van der Waals surface area contributed by atoms with Crippen molar-refractivity contribution in [1.29, 1.82) is 0 Å². The predicted octanol–water partition coefficient (Wildman–Crippen LogP) is 1.23. The van der Waals surface area contributed by atoms with Gasteiger partial charge in [0.15, 0.2) is 5.96 Å². The largest absolute Gasteiger partial charge is 0.378 e. The van der Waals surface area contributed by atoms with Crippen LogP contribution in [0.2, 0.25) is 0 Å². The lowest BCUT2D eigenvalue weighted by molar-refractivity contribution is 0.0660. The molecular weight excluding hydrogens is 202 g/mol. The van der Waals surface area contributed by atoms with Crippen LogP contribution < -0.4 is 5.32 Å². The summed E-state index contributed by atoms with van der Waals surface area (Å²) in [6, 6.07) is 0.635. The van der Waals surface area contributed by atoms with E-state index in [2.05, 4.69) is 15.2 Å². The Balaban J connectivity index is 1.84. The van der Waals surface area contributed by atoms with Crippen LogP contribution in [0.1, 0.15) is 32.1 Å². The van der Waals surface area contributed by atoms with Gasteiger partial charge in [-0.1, -0.05) is 19.3 Å². The Kier molecular flexibility index (Phi) is 4.45. The summed E-state index contributed by atoms with van der Waals surface area (Å²) in [4.78, 5) is 6.69. The fourth-order valence-electron chi connectivity index (χ4n) is 2.50. The second kappa shape index (κ2) is 6.09. The SMILES string of the molecule is CN=C(NC1CCCCC1)N1CCOCC1. The normalized spacial score (nSPS) is 24.6. The number of morpholine rings is 1. The fraction of sp³-hybridized carbons (Fsp3) is 0.917. The zero-order valence-corrected chi connectivity index (χ0v) is 10.2. The predicted molar refractivity (Wildman–Crippen MR) is 65.8 cm³/mol. The molecule has 2 fully saturated rings. The Bertz CT molecular complexity index is 230. The lowest BCUT2D eigenvalue weighted by atomic mass is 9.96. The van der Waals surface area contributed by atoms with E-state index in [1.54, 1.807) is 0 Å². The number of hydrogen-bond acceptors (Lipinski definition) is 2. The van der Waals surface area contributed by atoms with Crippen molar-refractivity contribution >= 4 is 5.96 Å². The maximum Gasteiger partial charge on any atom is 0.194 e. The highest BCUT2D eigenvalue weighted by Crippen LogP contribution is 2.17. The number of hydrogen-bond donors (Lipinski definition) is 1. The topological polar surface area (TPSA) is 36.9 Å². The van der Waals surface area contributed by atoms with Gasteiger partial charge in [-0.05, 0) is 12.8 Å². The molecule has 1 heterocycles. The Labute approximate surface area is 98.1 Å². The second-order valence-corrected chi connectivity index (χ2v) is 4.63. The van der Waals surface area contributed by atoms with Crippen LogP contribution in [0.3, 0.4) is 0 Å². The van der Waals surface area contributed by atoms with E-state index >= 15 is 0 Å². The Hall–Kier alpha value is -0.770. The van der Waals surface area contributed by atoms with E-state index in [0.717, 1.165) is 32.3 Å². The molecule has 1 saturated heterocycles. The maximum atomic E-state index is 5.36. The van der Waals surface area contributed by atoms with Crippen molar-refractivity contribution < 1.29 is 4.74 Å². The van der Waals surface area contributed by atoms with Gasteiger partial charge in [0.25, 0.3) is 0 Å². The monoisotopic (exact) mass is 225 g/mol. The minimum atomic E-state index is 0.635. The molecule has 1 aliphatic heterocycles. The molecule has 1 aliphatic carbocycles. The van der Waals surface area contributed by atoms with E-state index in [-0.39, 0.29) is 0 Å². The average Bonchev–Trinajstić information content (AvgIpc) is 2.38. The van der Waals surface area contributed by atoms with Crippen molar-refractivity contribution in [1.82, 2.24) is 10.2 Å². The molecule has 4 nitrogen and oxygen atoms in total. The molecule has 0 aromatic carbocycles. The van der Waals surface area contributed by atoms with Crippen LogP contribution in [0.15, 0.2) is 4.99 Å². The van der Waals surface area contributed by atoms with E-state index in [1.165, 1.54) is 32.1 Å². The van der Waals surface area contributed by atoms with Gasteiger partial charge in [0.05, 0.1) is 13.2 Å². The summed E-state index contributed by atoms with van der Waals surface area (Å²) >= 11 is 0. The van der Waals surface area contributed by atoms with Crippen LogP contribution in [0, 0.1) is 0 Å². The third kappa shape index (κ3) is 3.11. The standard InChI is InChI=1S/C12H23N3O/c1-13-12(15-7-9-16-10-8-15)14-11-5-3-2-4-6-11/h11H,2-10H2,1H3,(H,13,14). The second-order valence-electron chi connectivity index (χ2n) is 4.63. The first-order chi connectivity index (χ1) is 7.90. The first-order valence-corrected chi connectivity index (χ1v) is 6.46. The van der Waals surface area contributed by atoms with Crippen molar-refractivity contribution in [3.8, 4) is 0 Å². The van der Waals surface area contributed by atoms with Crippen molar-refractivity contribution in [3.63, 3.8) is 0 Å². The molecular formula is C12H23N3O. The molecule has 2 aliphatic rings. The van der Waals surface area contributed by atoms with Crippen molar-refractivity contribution in [2.45, 2.75) is 38.1 Å². The molecule has 0 aromatic heterocycles. The van der Waals surface area contributed by atoms with Crippen molar-refractivity contribution in [3.05, 3.63) is 0 Å². The smallest absolute Gasteiger partial charge is 0.194 e. The van der Waals surface area contributed by atoms with Gasteiger partial charge >= 0.3 is 0 Å². The van der Waals surface area contributed by atoms with Crippen LogP contribution in [-0.4, -0.2) is 50.3 Å². The zero-order chi connectivity index (χ0) is 11.2. The zero-order valence-electron chi connectivity index (χ0n) is 10.2.